The summed E-state index contributed by atoms with van der Waals surface area (Å²) in [5.74, 6) is 0.0411. The van der Waals surface area contributed by atoms with Crippen molar-refractivity contribution in [3.8, 4) is 5.75 Å². The fourth-order valence-corrected chi connectivity index (χ4v) is 2.09. The van der Waals surface area contributed by atoms with Crippen LogP contribution in [0.2, 0.25) is 0 Å². The van der Waals surface area contributed by atoms with E-state index in [0.717, 1.165) is 24.3 Å². The molecule has 21 heavy (non-hydrogen) atoms. The third-order valence-electron chi connectivity index (χ3n) is 3.30. The monoisotopic (exact) mass is 293 g/mol. The van der Waals surface area contributed by atoms with Gasteiger partial charge in [-0.1, -0.05) is 51.2 Å². The molecule has 0 atom stereocenters. The zero-order valence-electron chi connectivity index (χ0n) is 12.9. The number of carboxylic acids is 1. The number of hydrogen-bond acceptors (Lipinski definition) is 3. The van der Waals surface area contributed by atoms with E-state index in [-0.39, 0.29) is 6.54 Å². The molecule has 0 aromatic heterocycles. The number of benzene rings is 1. The molecule has 4 nitrogen and oxygen atoms in total. The van der Waals surface area contributed by atoms with Gasteiger partial charge < -0.3 is 15.2 Å². The van der Waals surface area contributed by atoms with E-state index in [1.807, 2.05) is 24.3 Å². The fourth-order valence-electron chi connectivity index (χ4n) is 2.09. The van der Waals surface area contributed by atoms with Crippen LogP contribution in [0.4, 0.5) is 0 Å². The molecule has 0 aliphatic heterocycles. The van der Waals surface area contributed by atoms with Gasteiger partial charge in [-0.2, -0.15) is 0 Å². The Morgan fingerprint density at radius 3 is 2.43 bits per heavy atom. The summed E-state index contributed by atoms with van der Waals surface area (Å²) in [7, 11) is 0. The maximum atomic E-state index is 10.4. The molecule has 0 saturated carbocycles. The smallest absolute Gasteiger partial charge is 0.317 e. The van der Waals surface area contributed by atoms with Crippen molar-refractivity contribution < 1.29 is 14.6 Å². The second kappa shape index (κ2) is 11.1. The normalized spacial score (nSPS) is 10.5. The number of carbonyl (C=O) groups is 1. The average molecular weight is 293 g/mol. The lowest BCUT2D eigenvalue weighted by atomic mass is 10.1. The Hall–Kier alpha value is -1.55. The Morgan fingerprint density at radius 1 is 1.10 bits per heavy atom. The van der Waals surface area contributed by atoms with Gasteiger partial charge in [-0.3, -0.25) is 4.79 Å². The molecule has 0 heterocycles. The minimum atomic E-state index is -0.839. The Morgan fingerprint density at radius 2 is 1.76 bits per heavy atom. The van der Waals surface area contributed by atoms with Crippen molar-refractivity contribution in [3.05, 3.63) is 29.8 Å². The van der Waals surface area contributed by atoms with E-state index in [2.05, 4.69) is 12.2 Å². The van der Waals surface area contributed by atoms with Crippen LogP contribution in [0, 0.1) is 0 Å². The summed E-state index contributed by atoms with van der Waals surface area (Å²) in [6, 6.07) is 7.81. The molecule has 0 aliphatic rings. The first kappa shape index (κ1) is 17.5. The van der Waals surface area contributed by atoms with Crippen LogP contribution in [0.1, 0.15) is 51.0 Å². The Kier molecular flexibility index (Phi) is 9.29. The van der Waals surface area contributed by atoms with Crippen molar-refractivity contribution in [1.82, 2.24) is 5.32 Å². The van der Waals surface area contributed by atoms with Crippen molar-refractivity contribution in [1.29, 1.82) is 0 Å². The van der Waals surface area contributed by atoms with E-state index in [4.69, 9.17) is 9.84 Å². The molecule has 4 heteroatoms. The maximum absolute atomic E-state index is 10.4. The number of ether oxygens (including phenoxy) is 1. The molecule has 1 aromatic carbocycles. The van der Waals surface area contributed by atoms with E-state index in [0.29, 0.717) is 6.54 Å². The second-order valence-corrected chi connectivity index (χ2v) is 5.26. The average Bonchev–Trinajstić information content (AvgIpc) is 2.47. The van der Waals surface area contributed by atoms with Crippen LogP contribution < -0.4 is 10.1 Å². The molecule has 0 bridgehead atoms. The van der Waals surface area contributed by atoms with Gasteiger partial charge in [0.25, 0.3) is 0 Å². The van der Waals surface area contributed by atoms with Gasteiger partial charge in [0.15, 0.2) is 0 Å². The predicted molar refractivity (Wildman–Crippen MR) is 84.7 cm³/mol. The lowest BCUT2D eigenvalue weighted by Gasteiger charge is -2.07. The minimum Gasteiger partial charge on any atom is -0.494 e. The molecular weight excluding hydrogens is 266 g/mol. The largest absolute Gasteiger partial charge is 0.494 e. The lowest BCUT2D eigenvalue weighted by Crippen LogP contribution is -2.21. The first-order valence-electron chi connectivity index (χ1n) is 7.86. The van der Waals surface area contributed by atoms with Crippen LogP contribution in [0.3, 0.4) is 0 Å². The summed E-state index contributed by atoms with van der Waals surface area (Å²) in [5, 5.41) is 11.4. The molecule has 0 amide bonds. The number of carboxylic acid groups (broad SMARTS) is 1. The topological polar surface area (TPSA) is 58.6 Å². The molecule has 0 radical (unpaired) electrons. The summed E-state index contributed by atoms with van der Waals surface area (Å²) in [6.07, 6.45) is 7.57. The summed E-state index contributed by atoms with van der Waals surface area (Å²) in [6.45, 7) is 3.53. The fraction of sp³-hybridized carbons (Fsp3) is 0.588. The zero-order valence-corrected chi connectivity index (χ0v) is 12.9. The first-order valence-corrected chi connectivity index (χ1v) is 7.86. The maximum Gasteiger partial charge on any atom is 0.317 e. The van der Waals surface area contributed by atoms with Gasteiger partial charge >= 0.3 is 5.97 Å². The molecule has 0 saturated heterocycles. The van der Waals surface area contributed by atoms with Gasteiger partial charge in [0, 0.05) is 6.54 Å². The van der Waals surface area contributed by atoms with Crippen molar-refractivity contribution in [2.45, 2.75) is 52.0 Å². The zero-order chi connectivity index (χ0) is 15.3. The van der Waals surface area contributed by atoms with Crippen LogP contribution in [-0.2, 0) is 11.3 Å². The quantitative estimate of drug-likeness (QED) is 0.578. The van der Waals surface area contributed by atoms with Crippen molar-refractivity contribution in [3.63, 3.8) is 0 Å². The summed E-state index contributed by atoms with van der Waals surface area (Å²) in [5.41, 5.74) is 1.06. The van der Waals surface area contributed by atoms with Crippen molar-refractivity contribution >= 4 is 5.97 Å². The summed E-state index contributed by atoms with van der Waals surface area (Å²) < 4.78 is 5.70. The van der Waals surface area contributed by atoms with Gasteiger partial charge in [-0.25, -0.2) is 0 Å². The van der Waals surface area contributed by atoms with Gasteiger partial charge in [-0.15, -0.1) is 0 Å². The van der Waals surface area contributed by atoms with E-state index in [1.165, 1.54) is 32.1 Å². The molecule has 118 valence electrons. The highest BCUT2D eigenvalue weighted by atomic mass is 16.5. The summed E-state index contributed by atoms with van der Waals surface area (Å²) in [4.78, 5) is 10.4. The highest BCUT2D eigenvalue weighted by Crippen LogP contribution is 2.13. The summed E-state index contributed by atoms with van der Waals surface area (Å²) >= 11 is 0. The molecule has 0 spiro atoms. The Labute approximate surface area is 127 Å². The Bertz CT molecular complexity index is 390. The number of hydrogen-bond donors (Lipinski definition) is 2. The molecule has 1 rings (SSSR count). The molecule has 0 aliphatic carbocycles. The molecular formula is C17H27NO3. The molecule has 1 aromatic rings. The molecule has 0 fully saturated rings. The number of nitrogens with one attached hydrogen (secondary N) is 1. The highest BCUT2D eigenvalue weighted by Gasteiger charge is 1.98. The van der Waals surface area contributed by atoms with E-state index in [9.17, 15) is 4.79 Å². The van der Waals surface area contributed by atoms with E-state index >= 15 is 0 Å². The van der Waals surface area contributed by atoms with Crippen LogP contribution in [0.15, 0.2) is 24.3 Å². The van der Waals surface area contributed by atoms with Crippen molar-refractivity contribution in [2.75, 3.05) is 13.2 Å². The molecule has 0 unspecified atom stereocenters. The van der Waals surface area contributed by atoms with Gasteiger partial charge in [0.1, 0.15) is 5.75 Å². The standard InChI is InChI=1S/C17H27NO3/c1-2-3-4-5-6-7-12-21-16-10-8-15(9-11-16)13-18-14-17(19)20/h8-11,18H,2-7,12-14H2,1H3,(H,19,20). The van der Waals surface area contributed by atoms with Crippen LogP contribution in [0.5, 0.6) is 5.75 Å². The SMILES string of the molecule is CCCCCCCCOc1ccc(CNCC(=O)O)cc1. The van der Waals surface area contributed by atoms with Gasteiger partial charge in [0.2, 0.25) is 0 Å². The number of unbranched alkanes of at least 4 members (excludes halogenated alkanes) is 5. The van der Waals surface area contributed by atoms with Crippen molar-refractivity contribution in [2.24, 2.45) is 0 Å². The van der Waals surface area contributed by atoms with E-state index in [1.54, 1.807) is 0 Å². The first-order chi connectivity index (χ1) is 10.2. The van der Waals surface area contributed by atoms with E-state index < -0.39 is 5.97 Å². The third kappa shape index (κ3) is 9.08. The Balaban J connectivity index is 2.12. The van der Waals surface area contributed by atoms with Crippen LogP contribution >= 0.6 is 0 Å². The van der Waals surface area contributed by atoms with Gasteiger partial charge in [-0.05, 0) is 24.1 Å². The third-order valence-corrected chi connectivity index (χ3v) is 3.30. The van der Waals surface area contributed by atoms with Crippen LogP contribution in [0.25, 0.3) is 0 Å². The van der Waals surface area contributed by atoms with Gasteiger partial charge in [0.05, 0.1) is 13.2 Å². The predicted octanol–water partition coefficient (Wildman–Crippen LogP) is 3.60. The number of rotatable bonds is 12. The number of aliphatic carboxylic acids is 1. The van der Waals surface area contributed by atoms with Crippen LogP contribution in [-0.4, -0.2) is 24.2 Å². The minimum absolute atomic E-state index is 0.0176. The highest BCUT2D eigenvalue weighted by molar-refractivity contribution is 5.68. The molecule has 2 N–H and O–H groups in total. The lowest BCUT2D eigenvalue weighted by molar-refractivity contribution is -0.135. The second-order valence-electron chi connectivity index (χ2n) is 5.26.